The SMILES string of the molecule is Cc1c(O)cccc1C(=O)N1CC[C@@H](NC(=O)c2ccccn2)[C@H](O)C1. The number of β-amino-alcohol motifs (C(OH)–C–C–N with tert-alkyl or cyclic N) is 1. The smallest absolute Gasteiger partial charge is 0.270 e. The summed E-state index contributed by atoms with van der Waals surface area (Å²) in [7, 11) is 0. The van der Waals surface area contributed by atoms with Crippen LogP contribution in [0.3, 0.4) is 0 Å². The first-order chi connectivity index (χ1) is 12.5. The van der Waals surface area contributed by atoms with Gasteiger partial charge in [0.05, 0.1) is 12.1 Å². The van der Waals surface area contributed by atoms with Crippen molar-refractivity contribution in [3.05, 3.63) is 59.4 Å². The predicted octanol–water partition coefficient (Wildman–Crippen LogP) is 1.10. The first-order valence-corrected chi connectivity index (χ1v) is 8.45. The van der Waals surface area contributed by atoms with Crippen molar-refractivity contribution in [3.63, 3.8) is 0 Å². The Morgan fingerprint density at radius 3 is 2.73 bits per heavy atom. The highest BCUT2D eigenvalue weighted by molar-refractivity contribution is 5.96. The lowest BCUT2D eigenvalue weighted by Gasteiger charge is -2.36. The molecule has 7 nitrogen and oxygen atoms in total. The number of rotatable bonds is 3. The van der Waals surface area contributed by atoms with Gasteiger partial charge in [-0.2, -0.15) is 0 Å². The van der Waals surface area contributed by atoms with Gasteiger partial charge in [-0.3, -0.25) is 14.6 Å². The number of nitrogens with zero attached hydrogens (tertiary/aromatic N) is 2. The van der Waals surface area contributed by atoms with Crippen molar-refractivity contribution in [1.29, 1.82) is 0 Å². The van der Waals surface area contributed by atoms with E-state index < -0.39 is 12.1 Å². The number of aromatic hydroxyl groups is 1. The van der Waals surface area contributed by atoms with E-state index in [1.54, 1.807) is 37.3 Å². The normalized spacial score (nSPS) is 19.8. The van der Waals surface area contributed by atoms with Crippen LogP contribution in [0.2, 0.25) is 0 Å². The third-order valence-electron chi connectivity index (χ3n) is 4.62. The summed E-state index contributed by atoms with van der Waals surface area (Å²) in [6.07, 6.45) is 1.09. The number of nitrogens with one attached hydrogen (secondary N) is 1. The molecule has 1 aromatic carbocycles. The van der Waals surface area contributed by atoms with Gasteiger partial charge in [-0.15, -0.1) is 0 Å². The Labute approximate surface area is 151 Å². The number of aromatic nitrogens is 1. The molecule has 1 aliphatic rings. The fourth-order valence-electron chi connectivity index (χ4n) is 3.05. The molecule has 3 rings (SSSR count). The van der Waals surface area contributed by atoms with Crippen molar-refractivity contribution >= 4 is 11.8 Å². The van der Waals surface area contributed by atoms with Crippen LogP contribution in [0.5, 0.6) is 5.75 Å². The molecule has 26 heavy (non-hydrogen) atoms. The highest BCUT2D eigenvalue weighted by Gasteiger charge is 2.32. The Morgan fingerprint density at radius 1 is 1.23 bits per heavy atom. The molecular weight excluding hydrogens is 334 g/mol. The number of phenolic OH excluding ortho intramolecular Hbond substituents is 1. The third kappa shape index (κ3) is 3.67. The number of carbonyl (C=O) groups is 2. The van der Waals surface area contributed by atoms with E-state index >= 15 is 0 Å². The van der Waals surface area contributed by atoms with Crippen LogP contribution >= 0.6 is 0 Å². The molecule has 1 aromatic heterocycles. The van der Waals surface area contributed by atoms with Gasteiger partial charge in [-0.1, -0.05) is 12.1 Å². The Kier molecular flexibility index (Phi) is 5.18. The van der Waals surface area contributed by atoms with E-state index in [0.717, 1.165) is 0 Å². The maximum Gasteiger partial charge on any atom is 0.270 e. The summed E-state index contributed by atoms with van der Waals surface area (Å²) in [4.78, 5) is 30.4. The standard InChI is InChI=1S/C19H21N3O4/c1-12-13(5-4-7-16(12)23)19(26)22-10-8-14(17(24)11-22)21-18(25)15-6-2-3-9-20-15/h2-7,9,14,17,23-24H,8,10-11H2,1H3,(H,21,25)/t14-,17-/m1/s1. The summed E-state index contributed by atoms with van der Waals surface area (Å²) in [6, 6.07) is 9.39. The van der Waals surface area contributed by atoms with E-state index in [-0.39, 0.29) is 29.8 Å². The van der Waals surface area contributed by atoms with E-state index in [0.29, 0.717) is 24.1 Å². The maximum absolute atomic E-state index is 12.7. The minimum atomic E-state index is -0.877. The van der Waals surface area contributed by atoms with Gasteiger partial charge in [0.1, 0.15) is 11.4 Å². The third-order valence-corrected chi connectivity index (χ3v) is 4.62. The molecule has 136 valence electrons. The highest BCUT2D eigenvalue weighted by atomic mass is 16.3. The molecule has 0 saturated carbocycles. The van der Waals surface area contributed by atoms with Crippen LogP contribution < -0.4 is 5.32 Å². The fourth-order valence-corrected chi connectivity index (χ4v) is 3.05. The topological polar surface area (TPSA) is 103 Å². The van der Waals surface area contributed by atoms with Crippen molar-refractivity contribution in [2.75, 3.05) is 13.1 Å². The monoisotopic (exact) mass is 355 g/mol. The van der Waals surface area contributed by atoms with Crippen molar-refractivity contribution in [2.24, 2.45) is 0 Å². The summed E-state index contributed by atoms with van der Waals surface area (Å²) >= 11 is 0. The largest absolute Gasteiger partial charge is 0.508 e. The first-order valence-electron chi connectivity index (χ1n) is 8.45. The van der Waals surface area contributed by atoms with Crippen LogP contribution in [0.15, 0.2) is 42.6 Å². The molecule has 3 N–H and O–H groups in total. The van der Waals surface area contributed by atoms with Gasteiger partial charge in [0.2, 0.25) is 0 Å². The number of amides is 2. The lowest BCUT2D eigenvalue weighted by Crippen LogP contribution is -2.55. The minimum absolute atomic E-state index is 0.0638. The molecule has 0 spiro atoms. The van der Waals surface area contributed by atoms with Gasteiger partial charge < -0.3 is 20.4 Å². The number of benzene rings is 1. The first kappa shape index (κ1) is 17.9. The van der Waals surface area contributed by atoms with Crippen LogP contribution in [-0.2, 0) is 0 Å². The van der Waals surface area contributed by atoms with E-state index in [1.165, 1.54) is 17.2 Å². The zero-order chi connectivity index (χ0) is 18.7. The molecule has 2 atom stereocenters. The molecule has 7 heteroatoms. The minimum Gasteiger partial charge on any atom is -0.508 e. The highest BCUT2D eigenvalue weighted by Crippen LogP contribution is 2.22. The molecule has 1 saturated heterocycles. The van der Waals surface area contributed by atoms with Crippen molar-refractivity contribution < 1.29 is 19.8 Å². The zero-order valence-electron chi connectivity index (χ0n) is 14.4. The number of pyridine rings is 1. The average Bonchev–Trinajstić information content (AvgIpc) is 2.65. The van der Waals surface area contributed by atoms with Crippen LogP contribution in [0.4, 0.5) is 0 Å². The quantitative estimate of drug-likeness (QED) is 0.765. The molecular formula is C19H21N3O4. The number of phenols is 1. The molecule has 0 radical (unpaired) electrons. The second-order valence-corrected chi connectivity index (χ2v) is 6.35. The average molecular weight is 355 g/mol. The Bertz CT molecular complexity index is 810. The predicted molar refractivity (Wildman–Crippen MR) is 94.9 cm³/mol. The van der Waals surface area contributed by atoms with E-state index in [4.69, 9.17) is 0 Å². The molecule has 1 fully saturated rings. The second kappa shape index (κ2) is 7.53. The van der Waals surface area contributed by atoms with E-state index in [2.05, 4.69) is 10.3 Å². The van der Waals surface area contributed by atoms with Crippen LogP contribution in [0, 0.1) is 6.92 Å². The van der Waals surface area contributed by atoms with Gasteiger partial charge in [0.15, 0.2) is 0 Å². The summed E-state index contributed by atoms with van der Waals surface area (Å²) < 4.78 is 0. The summed E-state index contributed by atoms with van der Waals surface area (Å²) in [5.41, 5.74) is 1.21. The number of piperidine rings is 1. The summed E-state index contributed by atoms with van der Waals surface area (Å²) in [5, 5.41) is 22.9. The van der Waals surface area contributed by atoms with Gasteiger partial charge >= 0.3 is 0 Å². The second-order valence-electron chi connectivity index (χ2n) is 6.35. The summed E-state index contributed by atoms with van der Waals surface area (Å²) in [6.45, 7) is 2.19. The van der Waals surface area contributed by atoms with Gasteiger partial charge in [0.25, 0.3) is 11.8 Å². The van der Waals surface area contributed by atoms with Crippen LogP contribution in [-0.4, -0.2) is 57.1 Å². The lowest BCUT2D eigenvalue weighted by molar-refractivity contribution is 0.0313. The molecule has 0 unspecified atom stereocenters. The van der Waals surface area contributed by atoms with Crippen molar-refractivity contribution in [3.8, 4) is 5.75 Å². The van der Waals surface area contributed by atoms with Gasteiger partial charge in [-0.25, -0.2) is 0 Å². The molecule has 2 aromatic rings. The Morgan fingerprint density at radius 2 is 2.04 bits per heavy atom. The number of aliphatic hydroxyl groups excluding tert-OH is 1. The number of carbonyl (C=O) groups excluding carboxylic acids is 2. The lowest BCUT2D eigenvalue weighted by atomic mass is 9.99. The number of likely N-dealkylation sites (tertiary alicyclic amines) is 1. The Balaban J connectivity index is 1.64. The molecule has 0 aliphatic carbocycles. The van der Waals surface area contributed by atoms with Crippen molar-refractivity contribution in [2.45, 2.75) is 25.5 Å². The Hall–Kier alpha value is -2.93. The van der Waals surface area contributed by atoms with Gasteiger partial charge in [0, 0.05) is 30.4 Å². The van der Waals surface area contributed by atoms with Crippen molar-refractivity contribution in [1.82, 2.24) is 15.2 Å². The van der Waals surface area contributed by atoms with E-state index in [1.807, 2.05) is 0 Å². The van der Waals surface area contributed by atoms with Gasteiger partial charge in [-0.05, 0) is 37.6 Å². The van der Waals surface area contributed by atoms with Crippen LogP contribution in [0.1, 0.15) is 32.8 Å². The molecule has 0 bridgehead atoms. The summed E-state index contributed by atoms with van der Waals surface area (Å²) in [5.74, 6) is -0.529. The maximum atomic E-state index is 12.7. The molecule has 2 heterocycles. The zero-order valence-corrected chi connectivity index (χ0v) is 14.4. The number of hydrogen-bond acceptors (Lipinski definition) is 5. The van der Waals surface area contributed by atoms with Crippen LogP contribution in [0.25, 0.3) is 0 Å². The fraction of sp³-hybridized carbons (Fsp3) is 0.316. The molecule has 2 amide bonds. The molecule has 1 aliphatic heterocycles. The number of aliphatic hydroxyl groups is 1. The van der Waals surface area contributed by atoms with E-state index in [9.17, 15) is 19.8 Å². The number of hydrogen-bond donors (Lipinski definition) is 3.